The number of rotatable bonds is 4. The van der Waals surface area contributed by atoms with Crippen molar-refractivity contribution in [2.45, 2.75) is 44.6 Å². The van der Waals surface area contributed by atoms with Crippen molar-refractivity contribution in [1.29, 1.82) is 0 Å². The molecule has 0 spiro atoms. The zero-order valence-electron chi connectivity index (χ0n) is 14.1. The first-order valence-corrected chi connectivity index (χ1v) is 8.79. The zero-order chi connectivity index (χ0) is 17.1. The molecule has 1 aliphatic carbocycles. The highest BCUT2D eigenvalue weighted by atomic mass is 16.5. The summed E-state index contributed by atoms with van der Waals surface area (Å²) in [7, 11) is 1.64. The van der Waals surface area contributed by atoms with E-state index in [9.17, 15) is 14.7 Å². The molecule has 0 aromatic heterocycles. The second-order valence-corrected chi connectivity index (χ2v) is 6.80. The van der Waals surface area contributed by atoms with E-state index in [0.29, 0.717) is 12.8 Å². The third kappa shape index (κ3) is 3.25. The number of likely N-dealkylation sites (tertiary alicyclic amines) is 1. The van der Waals surface area contributed by atoms with Crippen LogP contribution < -0.4 is 4.74 Å². The van der Waals surface area contributed by atoms with Gasteiger partial charge in [0.25, 0.3) is 0 Å². The van der Waals surface area contributed by atoms with Crippen LogP contribution >= 0.6 is 0 Å². The predicted octanol–water partition coefficient (Wildman–Crippen LogP) is 3.25. The first kappa shape index (κ1) is 16.8. The monoisotopic (exact) mass is 331 g/mol. The molecule has 1 N–H and O–H groups in total. The van der Waals surface area contributed by atoms with E-state index in [1.807, 2.05) is 29.2 Å². The van der Waals surface area contributed by atoms with Crippen molar-refractivity contribution in [3.8, 4) is 5.75 Å². The molecule has 1 aromatic rings. The maximum atomic E-state index is 13.0. The minimum atomic E-state index is -0.838. The molecular weight excluding hydrogens is 306 g/mol. The maximum Gasteiger partial charge on any atom is 0.307 e. The molecule has 130 valence electrons. The second-order valence-electron chi connectivity index (χ2n) is 6.80. The molecule has 1 heterocycles. The van der Waals surface area contributed by atoms with Crippen LogP contribution in [0.15, 0.2) is 24.3 Å². The summed E-state index contributed by atoms with van der Waals surface area (Å²) in [6.07, 6.45) is 5.44. The summed E-state index contributed by atoms with van der Waals surface area (Å²) < 4.78 is 5.21. The Kier molecular flexibility index (Phi) is 5.07. The molecule has 0 bridgehead atoms. The van der Waals surface area contributed by atoms with Gasteiger partial charge in [-0.05, 0) is 43.4 Å². The van der Waals surface area contributed by atoms with Gasteiger partial charge in [-0.25, -0.2) is 0 Å². The molecule has 1 saturated heterocycles. The standard InChI is InChI=1S/C19H25NO4/c1-24-14-8-6-13(7-9-14)17-5-3-2-4-12-20(17)18(21)15-10-11-16(15)19(22)23/h6-9,15-17H,2-5,10-12H2,1H3,(H,22,23). The average Bonchev–Trinajstić information content (AvgIpc) is 2.79. The predicted molar refractivity (Wildman–Crippen MR) is 89.8 cm³/mol. The van der Waals surface area contributed by atoms with Crippen LogP contribution in [0.25, 0.3) is 0 Å². The number of ether oxygens (including phenoxy) is 1. The van der Waals surface area contributed by atoms with Gasteiger partial charge in [-0.15, -0.1) is 0 Å². The molecule has 1 amide bonds. The van der Waals surface area contributed by atoms with Crippen molar-refractivity contribution in [3.63, 3.8) is 0 Å². The van der Waals surface area contributed by atoms with E-state index in [4.69, 9.17) is 4.74 Å². The van der Waals surface area contributed by atoms with Gasteiger partial charge in [0.1, 0.15) is 5.75 Å². The van der Waals surface area contributed by atoms with Crippen LogP contribution in [0, 0.1) is 11.8 Å². The van der Waals surface area contributed by atoms with Crippen LogP contribution in [-0.4, -0.2) is 35.5 Å². The van der Waals surface area contributed by atoms with Gasteiger partial charge in [0.05, 0.1) is 25.0 Å². The Morgan fingerprint density at radius 1 is 1.04 bits per heavy atom. The molecule has 3 rings (SSSR count). The average molecular weight is 331 g/mol. The van der Waals surface area contributed by atoms with Gasteiger partial charge in [0.15, 0.2) is 0 Å². The minimum Gasteiger partial charge on any atom is -0.497 e. The summed E-state index contributed by atoms with van der Waals surface area (Å²) in [6.45, 7) is 0.721. The number of benzene rings is 1. The van der Waals surface area contributed by atoms with Crippen molar-refractivity contribution < 1.29 is 19.4 Å². The van der Waals surface area contributed by atoms with Gasteiger partial charge in [-0.1, -0.05) is 25.0 Å². The molecule has 2 fully saturated rings. The molecule has 1 aromatic carbocycles. The number of hydrogen-bond donors (Lipinski definition) is 1. The third-order valence-corrected chi connectivity index (χ3v) is 5.45. The van der Waals surface area contributed by atoms with Crippen molar-refractivity contribution in [2.75, 3.05) is 13.7 Å². The lowest BCUT2D eigenvalue weighted by Gasteiger charge is -2.39. The summed E-state index contributed by atoms with van der Waals surface area (Å²) in [4.78, 5) is 26.2. The van der Waals surface area contributed by atoms with E-state index >= 15 is 0 Å². The minimum absolute atomic E-state index is 0.0244. The molecular formula is C19H25NO4. The summed E-state index contributed by atoms with van der Waals surface area (Å²) in [5.41, 5.74) is 1.11. The largest absolute Gasteiger partial charge is 0.497 e. The Morgan fingerprint density at radius 3 is 2.33 bits per heavy atom. The number of carbonyl (C=O) groups excluding carboxylic acids is 1. The van der Waals surface area contributed by atoms with Crippen LogP contribution in [0.5, 0.6) is 5.75 Å². The van der Waals surface area contributed by atoms with Crippen molar-refractivity contribution in [2.24, 2.45) is 11.8 Å². The number of nitrogens with zero attached hydrogens (tertiary/aromatic N) is 1. The van der Waals surface area contributed by atoms with E-state index in [-0.39, 0.29) is 17.9 Å². The van der Waals surface area contributed by atoms with Gasteiger partial charge in [-0.2, -0.15) is 0 Å². The molecule has 5 heteroatoms. The van der Waals surface area contributed by atoms with Gasteiger partial charge in [0.2, 0.25) is 5.91 Å². The highest BCUT2D eigenvalue weighted by Crippen LogP contribution is 2.39. The van der Waals surface area contributed by atoms with Gasteiger partial charge in [0, 0.05) is 6.54 Å². The van der Waals surface area contributed by atoms with E-state index in [2.05, 4.69) is 0 Å². The lowest BCUT2D eigenvalue weighted by molar-refractivity contribution is -0.157. The van der Waals surface area contributed by atoms with Gasteiger partial charge < -0.3 is 14.7 Å². The quantitative estimate of drug-likeness (QED) is 0.920. The number of amides is 1. The normalized spacial score (nSPS) is 27.0. The SMILES string of the molecule is COc1ccc(C2CCCCCN2C(=O)C2CCC2C(=O)O)cc1. The molecule has 1 saturated carbocycles. The van der Waals surface area contributed by atoms with Crippen LogP contribution in [-0.2, 0) is 9.59 Å². The van der Waals surface area contributed by atoms with E-state index < -0.39 is 11.9 Å². The highest BCUT2D eigenvalue weighted by Gasteiger charge is 2.44. The molecule has 3 unspecified atom stereocenters. The fraction of sp³-hybridized carbons (Fsp3) is 0.579. The number of carboxylic acids is 1. The van der Waals surface area contributed by atoms with E-state index in [0.717, 1.165) is 43.5 Å². The van der Waals surface area contributed by atoms with Crippen LogP contribution in [0.2, 0.25) is 0 Å². The number of carbonyl (C=O) groups is 2. The van der Waals surface area contributed by atoms with Gasteiger partial charge in [-0.3, -0.25) is 9.59 Å². The first-order valence-electron chi connectivity index (χ1n) is 8.79. The molecule has 1 aliphatic heterocycles. The number of carboxylic acid groups (broad SMARTS) is 1. The fourth-order valence-corrected chi connectivity index (χ4v) is 3.85. The Morgan fingerprint density at radius 2 is 1.75 bits per heavy atom. The highest BCUT2D eigenvalue weighted by molar-refractivity contribution is 5.86. The molecule has 24 heavy (non-hydrogen) atoms. The van der Waals surface area contributed by atoms with Gasteiger partial charge >= 0.3 is 5.97 Å². The van der Waals surface area contributed by atoms with Crippen molar-refractivity contribution >= 4 is 11.9 Å². The second kappa shape index (κ2) is 7.24. The summed E-state index contributed by atoms with van der Waals surface area (Å²) in [5.74, 6) is -0.861. The topological polar surface area (TPSA) is 66.8 Å². The summed E-state index contributed by atoms with van der Waals surface area (Å²) >= 11 is 0. The molecule has 3 atom stereocenters. The lowest BCUT2D eigenvalue weighted by atomic mass is 9.72. The summed E-state index contributed by atoms with van der Waals surface area (Å²) in [6, 6.07) is 7.93. The Bertz CT molecular complexity index is 598. The Balaban J connectivity index is 1.81. The van der Waals surface area contributed by atoms with E-state index in [1.165, 1.54) is 0 Å². The maximum absolute atomic E-state index is 13.0. The third-order valence-electron chi connectivity index (χ3n) is 5.45. The molecule has 2 aliphatic rings. The smallest absolute Gasteiger partial charge is 0.307 e. The number of aliphatic carboxylic acids is 1. The molecule has 0 radical (unpaired) electrons. The number of methoxy groups -OCH3 is 1. The van der Waals surface area contributed by atoms with Crippen molar-refractivity contribution in [3.05, 3.63) is 29.8 Å². The van der Waals surface area contributed by atoms with Crippen LogP contribution in [0.3, 0.4) is 0 Å². The Labute approximate surface area is 142 Å². The summed E-state index contributed by atoms with van der Waals surface area (Å²) in [5, 5.41) is 9.26. The molecule has 5 nitrogen and oxygen atoms in total. The Hall–Kier alpha value is -2.04. The first-order chi connectivity index (χ1) is 11.6. The van der Waals surface area contributed by atoms with Crippen LogP contribution in [0.4, 0.5) is 0 Å². The van der Waals surface area contributed by atoms with Crippen LogP contribution in [0.1, 0.15) is 50.1 Å². The number of hydrogen-bond acceptors (Lipinski definition) is 3. The fourth-order valence-electron chi connectivity index (χ4n) is 3.85. The lowest BCUT2D eigenvalue weighted by Crippen LogP contribution is -2.47. The van der Waals surface area contributed by atoms with Crippen molar-refractivity contribution in [1.82, 2.24) is 4.90 Å². The van der Waals surface area contributed by atoms with E-state index in [1.54, 1.807) is 7.11 Å². The zero-order valence-corrected chi connectivity index (χ0v) is 14.1.